The van der Waals surface area contributed by atoms with Gasteiger partial charge in [0.15, 0.2) is 5.56 Å². The molecule has 0 amide bonds. The minimum absolute atomic E-state index is 0.00560. The largest absolute Gasteiger partial charge is 0.477 e. The standard InChI is InChI=1S/C19H14ClN5O3/c20-11-6-2-1-5-10(11)16-15(18(27)28)17(26)25-19(24-16)21-9-14-22-12-7-3-4-8-13(12)23-14/h1-8H,9H2,(H,22,23)(H,27,28)(H2,21,24,25,26). The summed E-state index contributed by atoms with van der Waals surface area (Å²) < 4.78 is 0. The van der Waals surface area contributed by atoms with Crippen LogP contribution in [-0.4, -0.2) is 31.0 Å². The van der Waals surface area contributed by atoms with Crippen molar-refractivity contribution in [1.82, 2.24) is 19.9 Å². The molecule has 0 aliphatic carbocycles. The molecule has 28 heavy (non-hydrogen) atoms. The number of halogens is 1. The van der Waals surface area contributed by atoms with E-state index < -0.39 is 17.1 Å². The van der Waals surface area contributed by atoms with Gasteiger partial charge in [-0.1, -0.05) is 41.9 Å². The van der Waals surface area contributed by atoms with Crippen LogP contribution in [0.1, 0.15) is 16.2 Å². The topological polar surface area (TPSA) is 124 Å². The van der Waals surface area contributed by atoms with E-state index in [1.807, 2.05) is 24.3 Å². The lowest BCUT2D eigenvalue weighted by molar-refractivity contribution is 0.0695. The molecule has 0 aliphatic heterocycles. The monoisotopic (exact) mass is 395 g/mol. The fourth-order valence-electron chi connectivity index (χ4n) is 2.86. The van der Waals surface area contributed by atoms with Gasteiger partial charge in [-0.15, -0.1) is 0 Å². The van der Waals surface area contributed by atoms with Crippen molar-refractivity contribution in [2.45, 2.75) is 6.54 Å². The number of nitrogens with zero attached hydrogens (tertiary/aromatic N) is 2. The van der Waals surface area contributed by atoms with Gasteiger partial charge in [0.2, 0.25) is 5.95 Å². The fraction of sp³-hybridized carbons (Fsp3) is 0.0526. The summed E-state index contributed by atoms with van der Waals surface area (Å²) in [5, 5.41) is 12.7. The van der Waals surface area contributed by atoms with Gasteiger partial charge in [0, 0.05) is 10.6 Å². The van der Waals surface area contributed by atoms with E-state index in [9.17, 15) is 14.7 Å². The van der Waals surface area contributed by atoms with E-state index in [1.165, 1.54) is 0 Å². The Kier molecular flexibility index (Phi) is 4.54. The van der Waals surface area contributed by atoms with E-state index >= 15 is 0 Å². The predicted octanol–water partition coefficient (Wildman–Crippen LogP) is 3.28. The van der Waals surface area contributed by atoms with Gasteiger partial charge in [-0.05, 0) is 18.2 Å². The van der Waals surface area contributed by atoms with Crippen molar-refractivity contribution in [3.05, 3.63) is 75.3 Å². The van der Waals surface area contributed by atoms with Crippen LogP contribution in [0, 0.1) is 0 Å². The van der Waals surface area contributed by atoms with Crippen LogP contribution >= 0.6 is 11.6 Å². The first-order chi connectivity index (χ1) is 13.5. The lowest BCUT2D eigenvalue weighted by Gasteiger charge is -2.10. The van der Waals surface area contributed by atoms with Crippen LogP contribution < -0.4 is 10.9 Å². The molecule has 2 heterocycles. The van der Waals surface area contributed by atoms with Crippen LogP contribution in [0.15, 0.2) is 53.3 Å². The normalized spacial score (nSPS) is 10.9. The third-order valence-electron chi connectivity index (χ3n) is 4.12. The molecular weight excluding hydrogens is 382 g/mol. The summed E-state index contributed by atoms with van der Waals surface area (Å²) >= 11 is 6.18. The molecule has 0 radical (unpaired) electrons. The SMILES string of the molecule is O=C(O)c1c(-c2ccccc2Cl)nc(NCc2nc3ccccc3[nH]2)[nH]c1=O. The van der Waals surface area contributed by atoms with E-state index in [-0.39, 0.29) is 18.2 Å². The van der Waals surface area contributed by atoms with Gasteiger partial charge in [-0.3, -0.25) is 9.78 Å². The molecule has 4 rings (SSSR count). The van der Waals surface area contributed by atoms with Gasteiger partial charge >= 0.3 is 5.97 Å². The Morgan fingerprint density at radius 1 is 1.07 bits per heavy atom. The van der Waals surface area contributed by atoms with Gasteiger partial charge in [0.1, 0.15) is 5.82 Å². The summed E-state index contributed by atoms with van der Waals surface area (Å²) in [7, 11) is 0. The van der Waals surface area contributed by atoms with E-state index in [1.54, 1.807) is 24.3 Å². The van der Waals surface area contributed by atoms with Gasteiger partial charge in [-0.25, -0.2) is 14.8 Å². The number of rotatable bonds is 5. The maximum Gasteiger partial charge on any atom is 0.343 e. The van der Waals surface area contributed by atoms with Crippen molar-refractivity contribution in [1.29, 1.82) is 0 Å². The maximum absolute atomic E-state index is 12.4. The number of hydrogen-bond acceptors (Lipinski definition) is 5. The Hall–Kier alpha value is -3.65. The Morgan fingerprint density at radius 3 is 2.57 bits per heavy atom. The minimum Gasteiger partial charge on any atom is -0.477 e. The van der Waals surface area contributed by atoms with Crippen LogP contribution in [0.4, 0.5) is 5.95 Å². The quantitative estimate of drug-likeness (QED) is 0.411. The first kappa shape index (κ1) is 17.7. The average Bonchev–Trinajstić information content (AvgIpc) is 3.09. The second-order valence-electron chi connectivity index (χ2n) is 5.98. The van der Waals surface area contributed by atoms with Crippen LogP contribution in [-0.2, 0) is 6.54 Å². The van der Waals surface area contributed by atoms with Crippen molar-refractivity contribution in [3.8, 4) is 11.3 Å². The molecule has 4 aromatic rings. The number of imidazole rings is 1. The maximum atomic E-state index is 12.4. The number of carboxylic acids is 1. The number of H-pyrrole nitrogens is 2. The van der Waals surface area contributed by atoms with E-state index in [0.29, 0.717) is 16.4 Å². The Bertz CT molecular complexity index is 1210. The van der Waals surface area contributed by atoms with Crippen molar-refractivity contribution >= 4 is 34.6 Å². The lowest BCUT2D eigenvalue weighted by Crippen LogP contribution is -2.22. The molecule has 0 unspecified atom stereocenters. The van der Waals surface area contributed by atoms with Crippen molar-refractivity contribution in [2.24, 2.45) is 0 Å². The molecule has 0 saturated carbocycles. The average molecular weight is 396 g/mol. The number of fused-ring (bicyclic) bond motifs is 1. The van der Waals surface area contributed by atoms with Crippen LogP contribution in [0.5, 0.6) is 0 Å². The number of aromatic carboxylic acids is 1. The highest BCUT2D eigenvalue weighted by Crippen LogP contribution is 2.28. The Morgan fingerprint density at radius 2 is 1.82 bits per heavy atom. The number of aromatic nitrogens is 4. The molecule has 2 aromatic heterocycles. The number of nitrogens with one attached hydrogen (secondary N) is 3. The van der Waals surface area contributed by atoms with Crippen molar-refractivity contribution in [3.63, 3.8) is 0 Å². The van der Waals surface area contributed by atoms with Gasteiger partial charge in [0.25, 0.3) is 5.56 Å². The molecule has 0 bridgehead atoms. The minimum atomic E-state index is -1.38. The molecule has 2 aromatic carbocycles. The molecule has 140 valence electrons. The zero-order valence-electron chi connectivity index (χ0n) is 14.4. The first-order valence-corrected chi connectivity index (χ1v) is 8.71. The number of aromatic amines is 2. The summed E-state index contributed by atoms with van der Waals surface area (Å²) in [6.07, 6.45) is 0. The number of carbonyl (C=O) groups is 1. The lowest BCUT2D eigenvalue weighted by atomic mass is 10.1. The Labute approximate surface area is 163 Å². The molecule has 9 heteroatoms. The summed E-state index contributed by atoms with van der Waals surface area (Å²) in [6, 6.07) is 14.2. The summed E-state index contributed by atoms with van der Waals surface area (Å²) in [4.78, 5) is 38.3. The molecule has 4 N–H and O–H groups in total. The molecule has 0 spiro atoms. The molecular formula is C19H14ClN5O3. The van der Waals surface area contributed by atoms with E-state index in [0.717, 1.165) is 11.0 Å². The smallest absolute Gasteiger partial charge is 0.343 e. The molecule has 0 saturated heterocycles. The molecule has 0 fully saturated rings. The van der Waals surface area contributed by atoms with E-state index in [4.69, 9.17) is 11.6 Å². The van der Waals surface area contributed by atoms with Crippen molar-refractivity contribution in [2.75, 3.05) is 5.32 Å². The predicted molar refractivity (Wildman–Crippen MR) is 106 cm³/mol. The number of hydrogen-bond donors (Lipinski definition) is 4. The third kappa shape index (κ3) is 3.33. The zero-order valence-corrected chi connectivity index (χ0v) is 15.1. The van der Waals surface area contributed by atoms with Crippen LogP contribution in [0.25, 0.3) is 22.3 Å². The highest BCUT2D eigenvalue weighted by Gasteiger charge is 2.21. The second-order valence-corrected chi connectivity index (χ2v) is 6.38. The first-order valence-electron chi connectivity index (χ1n) is 8.33. The number of benzene rings is 2. The Balaban J connectivity index is 1.71. The molecule has 8 nitrogen and oxygen atoms in total. The molecule has 0 atom stereocenters. The van der Waals surface area contributed by atoms with Crippen molar-refractivity contribution < 1.29 is 9.90 Å². The third-order valence-corrected chi connectivity index (χ3v) is 4.45. The number of anilines is 1. The fourth-order valence-corrected chi connectivity index (χ4v) is 3.09. The number of carboxylic acid groups (broad SMARTS) is 1. The van der Waals surface area contributed by atoms with Gasteiger partial charge in [0.05, 0.1) is 23.3 Å². The summed E-state index contributed by atoms with van der Waals surface area (Å²) in [6.45, 7) is 0.256. The van der Waals surface area contributed by atoms with Gasteiger partial charge < -0.3 is 15.4 Å². The zero-order chi connectivity index (χ0) is 19.7. The summed E-state index contributed by atoms with van der Waals surface area (Å²) in [5.41, 5.74) is 0.817. The van der Waals surface area contributed by atoms with E-state index in [2.05, 4.69) is 25.3 Å². The highest BCUT2D eigenvalue weighted by atomic mass is 35.5. The second kappa shape index (κ2) is 7.16. The van der Waals surface area contributed by atoms with Crippen LogP contribution in [0.3, 0.4) is 0 Å². The van der Waals surface area contributed by atoms with Gasteiger partial charge in [-0.2, -0.15) is 0 Å². The highest BCUT2D eigenvalue weighted by molar-refractivity contribution is 6.33. The number of para-hydroxylation sites is 2. The van der Waals surface area contributed by atoms with Crippen LogP contribution in [0.2, 0.25) is 5.02 Å². The summed E-state index contributed by atoms with van der Waals surface area (Å²) in [5.74, 6) is -0.622. The molecule has 0 aliphatic rings.